The van der Waals surface area contributed by atoms with Crippen molar-refractivity contribution in [1.29, 1.82) is 0 Å². The number of cyclic esters (lactones) is 1. The first-order chi connectivity index (χ1) is 19.2. The quantitative estimate of drug-likeness (QED) is 0.339. The number of phenolic OH excluding ortho intramolecular Hbond substituents is 1. The van der Waals surface area contributed by atoms with E-state index >= 15 is 0 Å². The molecule has 0 fully saturated rings. The predicted octanol–water partition coefficient (Wildman–Crippen LogP) is 6.36. The van der Waals surface area contributed by atoms with E-state index in [9.17, 15) is 19.5 Å². The number of methoxy groups -OCH3 is 1. The van der Waals surface area contributed by atoms with Crippen molar-refractivity contribution in [3.63, 3.8) is 0 Å². The van der Waals surface area contributed by atoms with E-state index in [0.29, 0.717) is 73.3 Å². The van der Waals surface area contributed by atoms with Crippen LogP contribution < -0.4 is 14.2 Å². The summed E-state index contributed by atoms with van der Waals surface area (Å²) in [5, 5.41) is 11.7. The number of hydrogen-bond donors (Lipinski definition) is 1. The summed E-state index contributed by atoms with van der Waals surface area (Å²) >= 11 is 0. The highest BCUT2D eigenvalue weighted by Gasteiger charge is 2.37. The Kier molecular flexibility index (Phi) is 9.50. The number of aromatic hydroxyl groups is 1. The molecule has 4 rings (SSSR count). The van der Waals surface area contributed by atoms with Gasteiger partial charge in [-0.15, -0.1) is 0 Å². The molecule has 0 spiro atoms. The van der Waals surface area contributed by atoms with Gasteiger partial charge in [-0.25, -0.2) is 4.79 Å². The van der Waals surface area contributed by atoms with Crippen molar-refractivity contribution >= 4 is 23.8 Å². The van der Waals surface area contributed by atoms with E-state index in [4.69, 9.17) is 18.9 Å². The van der Waals surface area contributed by atoms with E-state index in [1.165, 1.54) is 0 Å². The van der Waals surface area contributed by atoms with Gasteiger partial charge in [0.25, 0.3) is 0 Å². The fraction of sp³-hybridized carbons (Fsp3) is 0.469. The van der Waals surface area contributed by atoms with Gasteiger partial charge in [0.1, 0.15) is 22.8 Å². The Morgan fingerprint density at radius 3 is 2.65 bits per heavy atom. The number of carbonyl (C=O) groups is 3. The van der Waals surface area contributed by atoms with E-state index in [0.717, 1.165) is 0 Å². The highest BCUT2D eigenvalue weighted by Crippen LogP contribution is 2.50. The smallest absolute Gasteiger partial charge is 0.342 e. The molecule has 40 heavy (non-hydrogen) atoms. The molecule has 2 atom stereocenters. The van der Waals surface area contributed by atoms with Gasteiger partial charge >= 0.3 is 11.9 Å². The number of ether oxygens (including phenoxy) is 4. The summed E-state index contributed by atoms with van der Waals surface area (Å²) in [7, 11) is 1.55. The first-order valence-electron chi connectivity index (χ1n) is 14.0. The van der Waals surface area contributed by atoms with Gasteiger partial charge in [0.2, 0.25) is 0 Å². The van der Waals surface area contributed by atoms with Gasteiger partial charge in [-0.2, -0.15) is 0 Å². The molecule has 2 heterocycles. The maximum atomic E-state index is 13.5. The number of hydrogen-bond acceptors (Lipinski definition) is 8. The SMILES string of the molecule is COc1cccc(C2CC(=O)Oc3cc4c(c(O)c32)C(=O)O[C@@H](C)CCCC(=O)CCCC=C4)c1OCC(C)C. The Hall–Kier alpha value is -3.81. The summed E-state index contributed by atoms with van der Waals surface area (Å²) in [6, 6.07) is 7.01. The maximum absolute atomic E-state index is 13.5. The first-order valence-corrected chi connectivity index (χ1v) is 14.0. The Bertz CT molecular complexity index is 1290. The Labute approximate surface area is 235 Å². The Balaban J connectivity index is 1.85. The van der Waals surface area contributed by atoms with Crippen LogP contribution in [0.25, 0.3) is 6.08 Å². The second-order valence-electron chi connectivity index (χ2n) is 10.9. The molecular formula is C32H38O8. The number of ketones is 1. The van der Waals surface area contributed by atoms with Gasteiger partial charge in [-0.1, -0.05) is 38.1 Å². The van der Waals surface area contributed by atoms with Gasteiger partial charge < -0.3 is 24.1 Å². The third-order valence-electron chi connectivity index (χ3n) is 7.14. The molecule has 2 aliphatic rings. The van der Waals surface area contributed by atoms with Crippen LogP contribution in [-0.4, -0.2) is 42.6 Å². The summed E-state index contributed by atoms with van der Waals surface area (Å²) in [6.45, 7) is 6.26. The summed E-state index contributed by atoms with van der Waals surface area (Å²) < 4.78 is 23.0. The van der Waals surface area contributed by atoms with E-state index in [1.54, 1.807) is 38.3 Å². The predicted molar refractivity (Wildman–Crippen MR) is 150 cm³/mol. The van der Waals surface area contributed by atoms with Crippen LogP contribution >= 0.6 is 0 Å². The van der Waals surface area contributed by atoms with E-state index < -0.39 is 24.0 Å². The number of carbonyl (C=O) groups excluding carboxylic acids is 3. The number of para-hydroxylation sites is 1. The number of rotatable bonds is 5. The average Bonchev–Trinajstić information content (AvgIpc) is 2.90. The van der Waals surface area contributed by atoms with Crippen LogP contribution in [0.15, 0.2) is 30.3 Å². The highest BCUT2D eigenvalue weighted by atomic mass is 16.5. The molecule has 0 amide bonds. The van der Waals surface area contributed by atoms with Crippen LogP contribution in [0.5, 0.6) is 23.0 Å². The van der Waals surface area contributed by atoms with Crippen molar-refractivity contribution in [3.8, 4) is 23.0 Å². The number of Topliss-reactive ketones (excluding diaryl/α,β-unsaturated/α-hetero) is 1. The fourth-order valence-corrected chi connectivity index (χ4v) is 5.16. The lowest BCUT2D eigenvalue weighted by molar-refractivity contribution is -0.135. The van der Waals surface area contributed by atoms with E-state index in [1.807, 2.05) is 26.0 Å². The summed E-state index contributed by atoms with van der Waals surface area (Å²) in [5.74, 6) is -0.465. The van der Waals surface area contributed by atoms with Crippen molar-refractivity contribution < 1.29 is 38.4 Å². The minimum absolute atomic E-state index is 0.0190. The molecule has 0 aliphatic carbocycles. The minimum atomic E-state index is -0.673. The van der Waals surface area contributed by atoms with Gasteiger partial charge in [-0.3, -0.25) is 9.59 Å². The number of benzene rings is 2. The van der Waals surface area contributed by atoms with Crippen LogP contribution in [0.1, 0.15) is 98.7 Å². The van der Waals surface area contributed by atoms with Crippen molar-refractivity contribution in [1.82, 2.24) is 0 Å². The lowest BCUT2D eigenvalue weighted by atomic mass is 9.83. The number of allylic oxidation sites excluding steroid dienone is 1. The molecule has 8 heteroatoms. The lowest BCUT2D eigenvalue weighted by Gasteiger charge is -2.29. The zero-order valence-electron chi connectivity index (χ0n) is 23.7. The molecular weight excluding hydrogens is 512 g/mol. The van der Waals surface area contributed by atoms with Gasteiger partial charge in [-0.05, 0) is 56.2 Å². The molecule has 1 N–H and O–H groups in total. The normalized spacial score (nSPS) is 20.2. The van der Waals surface area contributed by atoms with Gasteiger partial charge in [0, 0.05) is 29.9 Å². The van der Waals surface area contributed by atoms with Crippen LogP contribution in [0.2, 0.25) is 0 Å². The van der Waals surface area contributed by atoms with Crippen LogP contribution in [0, 0.1) is 5.92 Å². The van der Waals surface area contributed by atoms with Crippen LogP contribution in [0.3, 0.4) is 0 Å². The molecule has 0 radical (unpaired) electrons. The zero-order valence-corrected chi connectivity index (χ0v) is 23.7. The molecule has 2 aliphatic heterocycles. The Morgan fingerprint density at radius 1 is 1.12 bits per heavy atom. The van der Waals surface area contributed by atoms with E-state index in [-0.39, 0.29) is 35.2 Å². The van der Waals surface area contributed by atoms with Crippen molar-refractivity contribution in [3.05, 3.63) is 52.6 Å². The van der Waals surface area contributed by atoms with Gasteiger partial charge in [0.15, 0.2) is 11.5 Å². The molecule has 0 bridgehead atoms. The van der Waals surface area contributed by atoms with Crippen molar-refractivity contribution in [2.45, 2.75) is 77.7 Å². The number of esters is 2. The molecule has 214 valence electrons. The number of fused-ring (bicyclic) bond motifs is 2. The third-order valence-corrected chi connectivity index (χ3v) is 7.14. The van der Waals surface area contributed by atoms with Crippen molar-refractivity contribution in [2.75, 3.05) is 13.7 Å². The summed E-state index contributed by atoms with van der Waals surface area (Å²) in [4.78, 5) is 38.4. The number of phenols is 1. The largest absolute Gasteiger partial charge is 0.507 e. The van der Waals surface area contributed by atoms with E-state index in [2.05, 4.69) is 0 Å². The molecule has 0 aromatic heterocycles. The van der Waals surface area contributed by atoms with Crippen molar-refractivity contribution in [2.24, 2.45) is 5.92 Å². The van der Waals surface area contributed by atoms with Gasteiger partial charge in [0.05, 0.1) is 26.2 Å². The lowest BCUT2D eigenvalue weighted by Crippen LogP contribution is -2.24. The summed E-state index contributed by atoms with van der Waals surface area (Å²) in [5.41, 5.74) is 1.37. The second-order valence-corrected chi connectivity index (χ2v) is 10.9. The maximum Gasteiger partial charge on any atom is 0.342 e. The zero-order chi connectivity index (χ0) is 28.8. The molecule has 1 unspecified atom stereocenters. The van der Waals surface area contributed by atoms with Crippen LogP contribution in [-0.2, 0) is 14.3 Å². The highest BCUT2D eigenvalue weighted by molar-refractivity contribution is 5.98. The molecule has 0 saturated carbocycles. The monoisotopic (exact) mass is 550 g/mol. The Morgan fingerprint density at radius 2 is 1.90 bits per heavy atom. The molecule has 2 aromatic carbocycles. The van der Waals surface area contributed by atoms with Crippen LogP contribution in [0.4, 0.5) is 0 Å². The summed E-state index contributed by atoms with van der Waals surface area (Å²) in [6.07, 6.45) is 6.47. The standard InChI is InChI=1S/C32H38O8/c1-19(2)18-38-31-23(14-9-15-25(31)37-4)24-17-27(34)40-26-16-21-11-6-5-7-12-22(33)13-8-10-20(3)39-32(36)28(21)30(35)29(24)26/h6,9,11,14-16,19-20,24,35H,5,7-8,10,12-13,17-18H2,1-4H3/t20-,24?/m0/s1. The topological polar surface area (TPSA) is 108 Å². The fourth-order valence-electron chi connectivity index (χ4n) is 5.16. The second kappa shape index (κ2) is 13.0. The average molecular weight is 551 g/mol. The molecule has 8 nitrogen and oxygen atoms in total. The molecule has 0 saturated heterocycles. The first kappa shape index (κ1) is 29.2. The third kappa shape index (κ3) is 6.66. The minimum Gasteiger partial charge on any atom is -0.507 e. The molecule has 2 aromatic rings.